The molecule has 0 aliphatic carbocycles. The molecule has 1 rings (SSSR count). The van der Waals surface area contributed by atoms with Crippen molar-refractivity contribution in [1.29, 1.82) is 0 Å². The van der Waals surface area contributed by atoms with Gasteiger partial charge in [0.1, 0.15) is 5.76 Å². The number of ether oxygens (including phenoxy) is 1. The third-order valence-corrected chi connectivity index (χ3v) is 1.35. The number of rotatable bonds is 3. The molecule has 1 heterocycles. The van der Waals surface area contributed by atoms with E-state index in [4.69, 9.17) is 4.42 Å². The molecule has 0 bridgehead atoms. The predicted molar refractivity (Wildman–Crippen MR) is 48.9 cm³/mol. The third kappa shape index (κ3) is 3.42. The number of methoxy groups -OCH3 is 1. The number of esters is 1. The molecule has 1 aromatic rings. The number of furan rings is 1. The molecule has 0 aromatic carbocycles. The van der Waals surface area contributed by atoms with Gasteiger partial charge in [-0.25, -0.2) is 4.79 Å². The van der Waals surface area contributed by atoms with Gasteiger partial charge in [0, 0.05) is 6.08 Å². The summed E-state index contributed by atoms with van der Waals surface area (Å²) < 4.78 is 9.43. The molecule has 0 radical (unpaired) electrons. The van der Waals surface area contributed by atoms with Gasteiger partial charge >= 0.3 is 5.97 Å². The van der Waals surface area contributed by atoms with Crippen molar-refractivity contribution in [1.82, 2.24) is 0 Å². The van der Waals surface area contributed by atoms with Gasteiger partial charge in [-0.3, -0.25) is 0 Å². The average Bonchev–Trinajstić information content (AvgIpc) is 2.64. The molecule has 0 aliphatic heterocycles. The number of hydrogen-bond donors (Lipinski definition) is 0. The SMILES string of the molecule is COC(=O)/C=C\C=C/c1ccco1. The molecular formula is C10H10O3. The fourth-order valence-electron chi connectivity index (χ4n) is 0.739. The van der Waals surface area contributed by atoms with Crippen LogP contribution in [0.2, 0.25) is 0 Å². The minimum Gasteiger partial charge on any atom is -0.466 e. The predicted octanol–water partition coefficient (Wildman–Crippen LogP) is 2.02. The molecule has 0 amide bonds. The first-order valence-electron chi connectivity index (χ1n) is 3.79. The van der Waals surface area contributed by atoms with E-state index in [0.29, 0.717) is 0 Å². The van der Waals surface area contributed by atoms with Crippen LogP contribution in [0, 0.1) is 0 Å². The third-order valence-electron chi connectivity index (χ3n) is 1.35. The Balaban J connectivity index is 2.42. The van der Waals surface area contributed by atoms with Crippen molar-refractivity contribution in [3.63, 3.8) is 0 Å². The van der Waals surface area contributed by atoms with Gasteiger partial charge in [-0.15, -0.1) is 0 Å². The molecule has 0 saturated carbocycles. The van der Waals surface area contributed by atoms with Gasteiger partial charge in [0.05, 0.1) is 13.4 Å². The van der Waals surface area contributed by atoms with Gasteiger partial charge in [-0.1, -0.05) is 12.2 Å². The fourth-order valence-corrected chi connectivity index (χ4v) is 0.739. The lowest BCUT2D eigenvalue weighted by atomic mass is 10.4. The summed E-state index contributed by atoms with van der Waals surface area (Å²) in [7, 11) is 1.34. The number of allylic oxidation sites excluding steroid dienone is 2. The quantitative estimate of drug-likeness (QED) is 0.404. The maximum atomic E-state index is 10.6. The average molecular weight is 178 g/mol. The summed E-state index contributed by atoms with van der Waals surface area (Å²) in [4.78, 5) is 10.6. The Bertz CT molecular complexity index is 307. The van der Waals surface area contributed by atoms with Gasteiger partial charge in [-0.05, 0) is 18.2 Å². The van der Waals surface area contributed by atoms with Crippen molar-refractivity contribution >= 4 is 12.0 Å². The highest BCUT2D eigenvalue weighted by molar-refractivity contribution is 5.82. The standard InChI is InChI=1S/C10H10O3/c1-12-10(11)7-3-2-5-9-6-4-8-13-9/h2-8H,1H3/b5-2-,7-3-. The topological polar surface area (TPSA) is 39.4 Å². The number of carbonyl (C=O) groups is 1. The molecule has 13 heavy (non-hydrogen) atoms. The summed E-state index contributed by atoms with van der Waals surface area (Å²) in [5.41, 5.74) is 0. The van der Waals surface area contributed by atoms with Gasteiger partial charge in [-0.2, -0.15) is 0 Å². The van der Waals surface area contributed by atoms with E-state index < -0.39 is 0 Å². The van der Waals surface area contributed by atoms with Crippen molar-refractivity contribution in [3.8, 4) is 0 Å². The Morgan fingerprint density at radius 1 is 1.54 bits per heavy atom. The minimum atomic E-state index is -0.371. The first kappa shape index (κ1) is 9.32. The molecule has 0 N–H and O–H groups in total. The maximum Gasteiger partial charge on any atom is 0.330 e. The second kappa shape index (κ2) is 4.98. The van der Waals surface area contributed by atoms with Crippen LogP contribution in [0.5, 0.6) is 0 Å². The van der Waals surface area contributed by atoms with E-state index in [1.165, 1.54) is 13.2 Å². The highest BCUT2D eigenvalue weighted by atomic mass is 16.5. The van der Waals surface area contributed by atoms with Crippen molar-refractivity contribution in [2.45, 2.75) is 0 Å². The summed E-state index contributed by atoms with van der Waals surface area (Å²) in [5.74, 6) is 0.374. The van der Waals surface area contributed by atoms with Crippen molar-refractivity contribution in [2.24, 2.45) is 0 Å². The number of carbonyl (C=O) groups excluding carboxylic acids is 1. The lowest BCUT2D eigenvalue weighted by Gasteiger charge is -1.86. The Kier molecular flexibility index (Phi) is 3.57. The van der Waals surface area contributed by atoms with Gasteiger partial charge in [0.25, 0.3) is 0 Å². The smallest absolute Gasteiger partial charge is 0.330 e. The highest BCUT2D eigenvalue weighted by Crippen LogP contribution is 2.01. The van der Waals surface area contributed by atoms with E-state index in [0.717, 1.165) is 5.76 Å². The van der Waals surface area contributed by atoms with E-state index in [-0.39, 0.29) is 5.97 Å². The van der Waals surface area contributed by atoms with Crippen LogP contribution in [0.1, 0.15) is 5.76 Å². The van der Waals surface area contributed by atoms with Crippen LogP contribution >= 0.6 is 0 Å². The minimum absolute atomic E-state index is 0.371. The summed E-state index contributed by atoms with van der Waals surface area (Å²) in [6, 6.07) is 3.62. The molecule has 3 nitrogen and oxygen atoms in total. The Labute approximate surface area is 76.3 Å². The zero-order valence-electron chi connectivity index (χ0n) is 7.27. The van der Waals surface area contributed by atoms with Crippen molar-refractivity contribution < 1.29 is 13.9 Å². The van der Waals surface area contributed by atoms with Crippen molar-refractivity contribution in [3.05, 3.63) is 42.4 Å². The van der Waals surface area contributed by atoms with Crippen LogP contribution in [0.4, 0.5) is 0 Å². The molecule has 0 aliphatic rings. The molecule has 3 heteroatoms. The maximum absolute atomic E-state index is 10.6. The van der Waals surface area contributed by atoms with E-state index in [9.17, 15) is 4.79 Å². The first-order valence-corrected chi connectivity index (χ1v) is 3.79. The number of hydrogen-bond acceptors (Lipinski definition) is 3. The van der Waals surface area contributed by atoms with Crippen LogP contribution in [0.15, 0.2) is 41.0 Å². The van der Waals surface area contributed by atoms with E-state index in [2.05, 4.69) is 4.74 Å². The van der Waals surface area contributed by atoms with Gasteiger partial charge in [0.2, 0.25) is 0 Å². The fraction of sp³-hybridized carbons (Fsp3) is 0.100. The normalized spacial score (nSPS) is 11.2. The summed E-state index contributed by atoms with van der Waals surface area (Å²) in [6.07, 6.45) is 7.96. The molecule has 1 aromatic heterocycles. The summed E-state index contributed by atoms with van der Waals surface area (Å²) in [5, 5.41) is 0. The molecule has 0 unspecified atom stereocenters. The zero-order chi connectivity index (χ0) is 9.52. The van der Waals surface area contributed by atoms with Crippen LogP contribution in [0.3, 0.4) is 0 Å². The summed E-state index contributed by atoms with van der Waals surface area (Å²) in [6.45, 7) is 0. The monoisotopic (exact) mass is 178 g/mol. The van der Waals surface area contributed by atoms with Gasteiger partial charge < -0.3 is 9.15 Å². The molecule has 68 valence electrons. The molecule has 0 atom stereocenters. The molecule has 0 spiro atoms. The lowest BCUT2D eigenvalue weighted by molar-refractivity contribution is -0.134. The lowest BCUT2D eigenvalue weighted by Crippen LogP contribution is -1.92. The largest absolute Gasteiger partial charge is 0.466 e. The molecular weight excluding hydrogens is 168 g/mol. The highest BCUT2D eigenvalue weighted by Gasteiger charge is 1.87. The second-order valence-corrected chi connectivity index (χ2v) is 2.26. The Morgan fingerprint density at radius 2 is 2.38 bits per heavy atom. The van der Waals surface area contributed by atoms with E-state index in [1.54, 1.807) is 30.6 Å². The Hall–Kier alpha value is -1.77. The van der Waals surface area contributed by atoms with Crippen molar-refractivity contribution in [2.75, 3.05) is 7.11 Å². The summed E-state index contributed by atoms with van der Waals surface area (Å²) >= 11 is 0. The van der Waals surface area contributed by atoms with Gasteiger partial charge in [0.15, 0.2) is 0 Å². The van der Waals surface area contributed by atoms with E-state index >= 15 is 0 Å². The van der Waals surface area contributed by atoms with Crippen LogP contribution < -0.4 is 0 Å². The zero-order valence-corrected chi connectivity index (χ0v) is 7.27. The van der Waals surface area contributed by atoms with Crippen LogP contribution in [-0.4, -0.2) is 13.1 Å². The molecule has 0 fully saturated rings. The van der Waals surface area contributed by atoms with Crippen LogP contribution in [-0.2, 0) is 9.53 Å². The van der Waals surface area contributed by atoms with E-state index in [1.807, 2.05) is 6.07 Å². The van der Waals surface area contributed by atoms with Crippen LogP contribution in [0.25, 0.3) is 6.08 Å². The molecule has 0 saturated heterocycles. The first-order chi connectivity index (χ1) is 6.33. The Morgan fingerprint density at radius 3 is 3.00 bits per heavy atom. The second-order valence-electron chi connectivity index (χ2n) is 2.26.